The van der Waals surface area contributed by atoms with Gasteiger partial charge in [-0.15, -0.1) is 0 Å². The van der Waals surface area contributed by atoms with E-state index in [1.54, 1.807) is 13.8 Å². The lowest BCUT2D eigenvalue weighted by atomic mass is 9.94. The van der Waals surface area contributed by atoms with Gasteiger partial charge in [0.25, 0.3) is 0 Å². The third-order valence-corrected chi connectivity index (χ3v) is 4.27. The van der Waals surface area contributed by atoms with Crippen LogP contribution in [0.4, 0.5) is 0 Å². The summed E-state index contributed by atoms with van der Waals surface area (Å²) in [5.41, 5.74) is 0.757. The molecule has 1 aromatic rings. The van der Waals surface area contributed by atoms with E-state index in [2.05, 4.69) is 5.32 Å². The molecule has 1 aliphatic rings. The fraction of sp³-hybridized carbons (Fsp3) is 0.556. The fourth-order valence-electron chi connectivity index (χ4n) is 2.67. The van der Waals surface area contributed by atoms with Crippen LogP contribution in [0.5, 0.6) is 0 Å². The molecule has 1 aromatic carbocycles. The Kier molecular flexibility index (Phi) is 6.75. The van der Waals surface area contributed by atoms with Crippen molar-refractivity contribution in [3.8, 4) is 0 Å². The maximum atomic E-state index is 12.4. The summed E-state index contributed by atoms with van der Waals surface area (Å²) < 4.78 is 11.0. The van der Waals surface area contributed by atoms with Crippen LogP contribution in [0.15, 0.2) is 30.3 Å². The highest BCUT2D eigenvalue weighted by Gasteiger charge is 2.29. The number of aliphatic carboxylic acids is 1. The number of hydrogen-bond donors (Lipinski definition) is 2. The number of nitrogens with one attached hydrogen (secondary N) is 1. The molecule has 1 fully saturated rings. The lowest BCUT2D eigenvalue weighted by Gasteiger charge is -2.25. The molecule has 6 heteroatoms. The van der Waals surface area contributed by atoms with Gasteiger partial charge in [-0.05, 0) is 32.3 Å². The molecule has 2 N–H and O–H groups in total. The lowest BCUT2D eigenvalue weighted by molar-refractivity contribution is -0.143. The second-order valence-electron chi connectivity index (χ2n) is 6.13. The standard InChI is InChI=1S/C18H25NO5/c1-12(18(21)22)16(14-7-4-3-5-8-14)19-17(20)13(2)24-11-15-9-6-10-23-15/h3-5,7-8,12-13,15-16H,6,9-11H2,1-2H3,(H,19,20)(H,21,22). The number of ether oxygens (including phenoxy) is 2. The van der Waals surface area contributed by atoms with Gasteiger partial charge in [-0.25, -0.2) is 0 Å². The monoisotopic (exact) mass is 335 g/mol. The fourth-order valence-corrected chi connectivity index (χ4v) is 2.67. The van der Waals surface area contributed by atoms with E-state index in [1.165, 1.54) is 0 Å². The van der Waals surface area contributed by atoms with Gasteiger partial charge in [-0.3, -0.25) is 9.59 Å². The van der Waals surface area contributed by atoms with E-state index in [0.29, 0.717) is 6.61 Å². The van der Waals surface area contributed by atoms with Crippen molar-refractivity contribution in [3.05, 3.63) is 35.9 Å². The summed E-state index contributed by atoms with van der Waals surface area (Å²) in [7, 11) is 0. The third kappa shape index (κ3) is 5.04. The molecule has 0 bridgehead atoms. The molecule has 0 spiro atoms. The van der Waals surface area contributed by atoms with Crippen molar-refractivity contribution in [2.45, 2.75) is 44.9 Å². The van der Waals surface area contributed by atoms with Crippen LogP contribution >= 0.6 is 0 Å². The number of benzene rings is 1. The average molecular weight is 335 g/mol. The number of rotatable bonds is 8. The molecule has 132 valence electrons. The van der Waals surface area contributed by atoms with Crippen LogP contribution in [0.2, 0.25) is 0 Å². The Balaban J connectivity index is 1.96. The highest BCUT2D eigenvalue weighted by molar-refractivity contribution is 5.82. The van der Waals surface area contributed by atoms with Crippen LogP contribution in [-0.2, 0) is 19.1 Å². The van der Waals surface area contributed by atoms with Crippen molar-refractivity contribution < 1.29 is 24.2 Å². The number of hydrogen-bond acceptors (Lipinski definition) is 4. The molecule has 2 rings (SSSR count). The summed E-state index contributed by atoms with van der Waals surface area (Å²) in [6, 6.07) is 8.50. The minimum Gasteiger partial charge on any atom is -0.481 e. The molecule has 1 heterocycles. The van der Waals surface area contributed by atoms with E-state index in [0.717, 1.165) is 25.0 Å². The van der Waals surface area contributed by atoms with Crippen LogP contribution in [0, 0.1) is 5.92 Å². The summed E-state index contributed by atoms with van der Waals surface area (Å²) in [6.45, 7) is 4.36. The molecule has 0 radical (unpaired) electrons. The topological polar surface area (TPSA) is 84.9 Å². The van der Waals surface area contributed by atoms with Gasteiger partial charge in [0.05, 0.1) is 24.7 Å². The first-order valence-corrected chi connectivity index (χ1v) is 8.30. The zero-order valence-corrected chi connectivity index (χ0v) is 14.1. The van der Waals surface area contributed by atoms with Gasteiger partial charge in [-0.1, -0.05) is 30.3 Å². The van der Waals surface area contributed by atoms with Crippen molar-refractivity contribution >= 4 is 11.9 Å². The largest absolute Gasteiger partial charge is 0.481 e. The first kappa shape index (κ1) is 18.4. The molecule has 0 aliphatic carbocycles. The minimum atomic E-state index is -0.961. The van der Waals surface area contributed by atoms with Gasteiger partial charge >= 0.3 is 5.97 Å². The van der Waals surface area contributed by atoms with Gasteiger partial charge in [0, 0.05) is 6.61 Å². The van der Waals surface area contributed by atoms with Crippen LogP contribution in [0.25, 0.3) is 0 Å². The molecule has 4 unspecified atom stereocenters. The van der Waals surface area contributed by atoms with Gasteiger partial charge in [0.1, 0.15) is 6.10 Å². The second kappa shape index (κ2) is 8.80. The van der Waals surface area contributed by atoms with Gasteiger partial charge in [0.2, 0.25) is 5.91 Å². The molecule has 1 amide bonds. The predicted molar refractivity (Wildman–Crippen MR) is 88.5 cm³/mol. The summed E-state index contributed by atoms with van der Waals surface area (Å²) >= 11 is 0. The summed E-state index contributed by atoms with van der Waals surface area (Å²) in [5, 5.41) is 12.1. The predicted octanol–water partition coefficient (Wildman–Crippen LogP) is 2.15. The zero-order chi connectivity index (χ0) is 17.5. The van der Waals surface area contributed by atoms with E-state index in [9.17, 15) is 14.7 Å². The van der Waals surface area contributed by atoms with E-state index in [4.69, 9.17) is 9.47 Å². The van der Waals surface area contributed by atoms with Gasteiger partial charge in [-0.2, -0.15) is 0 Å². The summed E-state index contributed by atoms with van der Waals surface area (Å²) in [6.07, 6.45) is 1.34. The van der Waals surface area contributed by atoms with E-state index < -0.39 is 24.0 Å². The summed E-state index contributed by atoms with van der Waals surface area (Å²) in [5.74, 6) is -2.03. The molecule has 0 aromatic heterocycles. The number of amides is 1. The smallest absolute Gasteiger partial charge is 0.308 e. The maximum Gasteiger partial charge on any atom is 0.308 e. The van der Waals surface area contributed by atoms with Crippen LogP contribution in [0.1, 0.15) is 38.3 Å². The molecule has 1 aliphatic heterocycles. The normalized spacial score (nSPS) is 21.0. The Morgan fingerprint density at radius 2 is 2.04 bits per heavy atom. The number of carboxylic acids is 1. The van der Waals surface area contributed by atoms with Crippen LogP contribution in [-0.4, -0.2) is 42.4 Å². The van der Waals surface area contributed by atoms with E-state index in [1.807, 2.05) is 30.3 Å². The number of carbonyl (C=O) groups excluding carboxylic acids is 1. The maximum absolute atomic E-state index is 12.4. The van der Waals surface area contributed by atoms with Crippen molar-refractivity contribution in [1.82, 2.24) is 5.32 Å². The highest BCUT2D eigenvalue weighted by atomic mass is 16.5. The molecule has 24 heavy (non-hydrogen) atoms. The quantitative estimate of drug-likeness (QED) is 0.760. The molecular weight excluding hydrogens is 310 g/mol. The first-order chi connectivity index (χ1) is 11.5. The summed E-state index contributed by atoms with van der Waals surface area (Å²) in [4.78, 5) is 23.8. The minimum absolute atomic E-state index is 0.0445. The lowest BCUT2D eigenvalue weighted by Crippen LogP contribution is -2.41. The Hall–Kier alpha value is -1.92. The van der Waals surface area contributed by atoms with E-state index >= 15 is 0 Å². The van der Waals surface area contributed by atoms with Crippen molar-refractivity contribution in [2.75, 3.05) is 13.2 Å². The molecule has 6 nitrogen and oxygen atoms in total. The third-order valence-electron chi connectivity index (χ3n) is 4.27. The zero-order valence-electron chi connectivity index (χ0n) is 14.1. The van der Waals surface area contributed by atoms with Crippen LogP contribution in [0.3, 0.4) is 0 Å². The van der Waals surface area contributed by atoms with Crippen molar-refractivity contribution in [2.24, 2.45) is 5.92 Å². The van der Waals surface area contributed by atoms with Crippen molar-refractivity contribution in [3.63, 3.8) is 0 Å². The first-order valence-electron chi connectivity index (χ1n) is 8.30. The Morgan fingerprint density at radius 1 is 1.33 bits per heavy atom. The molecular formula is C18H25NO5. The SMILES string of the molecule is CC(OCC1CCCO1)C(=O)NC(c1ccccc1)C(C)C(=O)O. The Labute approximate surface area is 142 Å². The molecule has 0 saturated carbocycles. The van der Waals surface area contributed by atoms with Gasteiger partial charge in [0.15, 0.2) is 0 Å². The number of carboxylic acid groups (broad SMARTS) is 1. The Bertz CT molecular complexity index is 542. The number of carbonyl (C=O) groups is 2. The molecule has 1 saturated heterocycles. The second-order valence-corrected chi connectivity index (χ2v) is 6.13. The van der Waals surface area contributed by atoms with Gasteiger partial charge < -0.3 is 19.9 Å². The van der Waals surface area contributed by atoms with E-state index in [-0.39, 0.29) is 12.0 Å². The average Bonchev–Trinajstić information content (AvgIpc) is 3.10. The van der Waals surface area contributed by atoms with Crippen LogP contribution < -0.4 is 5.32 Å². The molecule has 4 atom stereocenters. The highest BCUT2D eigenvalue weighted by Crippen LogP contribution is 2.22. The Morgan fingerprint density at radius 3 is 2.62 bits per heavy atom. The van der Waals surface area contributed by atoms with Crippen molar-refractivity contribution in [1.29, 1.82) is 0 Å².